The minimum atomic E-state index is -0.474. The smallest absolute Gasteiger partial charge is 0.314 e. The van der Waals surface area contributed by atoms with Gasteiger partial charge < -0.3 is 14.8 Å². The fourth-order valence-electron chi connectivity index (χ4n) is 1.81. The van der Waals surface area contributed by atoms with Crippen molar-refractivity contribution in [2.45, 2.75) is 12.5 Å². The number of nitrogens with zero attached hydrogens (tertiary/aromatic N) is 1. The van der Waals surface area contributed by atoms with E-state index in [2.05, 4.69) is 5.32 Å². The van der Waals surface area contributed by atoms with Crippen LogP contribution in [0.3, 0.4) is 0 Å². The van der Waals surface area contributed by atoms with Gasteiger partial charge in [0.15, 0.2) is 5.75 Å². The fraction of sp³-hybridized carbons (Fsp3) is 0.455. The van der Waals surface area contributed by atoms with E-state index in [1.54, 1.807) is 12.1 Å². The summed E-state index contributed by atoms with van der Waals surface area (Å²) in [5.74, 6) is 0.748. The van der Waals surface area contributed by atoms with E-state index in [1.807, 2.05) is 0 Å². The molecule has 0 bridgehead atoms. The largest absolute Gasteiger partial charge is 0.490 e. The van der Waals surface area contributed by atoms with Gasteiger partial charge in [-0.1, -0.05) is 0 Å². The molecule has 1 atom stereocenters. The summed E-state index contributed by atoms with van der Waals surface area (Å²) >= 11 is 0. The van der Waals surface area contributed by atoms with Gasteiger partial charge in [0.25, 0.3) is 0 Å². The zero-order valence-electron chi connectivity index (χ0n) is 9.51. The van der Waals surface area contributed by atoms with E-state index in [0.29, 0.717) is 5.75 Å². The van der Waals surface area contributed by atoms with E-state index >= 15 is 0 Å². The van der Waals surface area contributed by atoms with Gasteiger partial charge in [-0.25, -0.2) is 0 Å². The zero-order chi connectivity index (χ0) is 12.3. The van der Waals surface area contributed by atoms with E-state index in [0.717, 1.165) is 19.5 Å². The summed E-state index contributed by atoms with van der Waals surface area (Å²) < 4.78 is 10.6. The molecule has 1 saturated heterocycles. The van der Waals surface area contributed by atoms with E-state index in [4.69, 9.17) is 9.47 Å². The highest BCUT2D eigenvalue weighted by molar-refractivity contribution is 5.50. The molecule has 0 unspecified atom stereocenters. The van der Waals surface area contributed by atoms with Crippen molar-refractivity contribution in [1.82, 2.24) is 5.32 Å². The third-order valence-corrected chi connectivity index (χ3v) is 2.66. The Balaban J connectivity index is 2.17. The van der Waals surface area contributed by atoms with E-state index < -0.39 is 4.92 Å². The second-order valence-corrected chi connectivity index (χ2v) is 3.82. The number of ether oxygens (including phenoxy) is 2. The maximum absolute atomic E-state index is 10.8. The number of nitrogens with one attached hydrogen (secondary N) is 1. The number of benzene rings is 1. The first-order valence-corrected chi connectivity index (χ1v) is 5.40. The van der Waals surface area contributed by atoms with Crippen LogP contribution in [0, 0.1) is 10.1 Å². The Labute approximate surface area is 98.7 Å². The molecule has 1 fully saturated rings. The van der Waals surface area contributed by atoms with Crippen LogP contribution in [0.25, 0.3) is 0 Å². The number of methoxy groups -OCH3 is 1. The van der Waals surface area contributed by atoms with Crippen LogP contribution in [0.1, 0.15) is 6.42 Å². The monoisotopic (exact) mass is 238 g/mol. The lowest BCUT2D eigenvalue weighted by molar-refractivity contribution is -0.385. The Bertz CT molecular complexity index is 416. The van der Waals surface area contributed by atoms with Gasteiger partial charge in [0.2, 0.25) is 0 Å². The van der Waals surface area contributed by atoms with Gasteiger partial charge in [0.1, 0.15) is 11.9 Å². The first-order valence-electron chi connectivity index (χ1n) is 5.40. The molecule has 0 aliphatic carbocycles. The second-order valence-electron chi connectivity index (χ2n) is 3.82. The van der Waals surface area contributed by atoms with Crippen molar-refractivity contribution in [3.63, 3.8) is 0 Å². The minimum absolute atomic E-state index is 0.0732. The molecule has 0 saturated carbocycles. The molecule has 1 aromatic rings. The molecule has 0 spiro atoms. The van der Waals surface area contributed by atoms with Crippen molar-refractivity contribution in [3.8, 4) is 11.5 Å². The Morgan fingerprint density at radius 2 is 2.35 bits per heavy atom. The van der Waals surface area contributed by atoms with Gasteiger partial charge in [0.05, 0.1) is 18.1 Å². The molecule has 92 valence electrons. The fourth-order valence-corrected chi connectivity index (χ4v) is 1.81. The Morgan fingerprint density at radius 3 is 2.94 bits per heavy atom. The topological polar surface area (TPSA) is 73.6 Å². The standard InChI is InChI=1S/C11H14N2O4/c1-16-11-3-2-8(6-10(11)13(14)15)17-9-4-5-12-7-9/h2-3,6,9,12H,4-5,7H2,1H3/t9-/m0/s1. The lowest BCUT2D eigenvalue weighted by Gasteiger charge is -2.12. The average molecular weight is 238 g/mol. The molecule has 6 nitrogen and oxygen atoms in total. The molecule has 17 heavy (non-hydrogen) atoms. The van der Waals surface area contributed by atoms with Gasteiger partial charge in [-0.2, -0.15) is 0 Å². The summed E-state index contributed by atoms with van der Waals surface area (Å²) in [5.41, 5.74) is -0.0732. The molecule has 2 rings (SSSR count). The molecule has 0 radical (unpaired) electrons. The quantitative estimate of drug-likeness (QED) is 0.633. The van der Waals surface area contributed by atoms with Crippen LogP contribution < -0.4 is 14.8 Å². The Morgan fingerprint density at radius 1 is 1.53 bits per heavy atom. The van der Waals surface area contributed by atoms with E-state index in [-0.39, 0.29) is 17.5 Å². The first kappa shape index (κ1) is 11.7. The number of nitro groups is 1. The Kier molecular flexibility index (Phi) is 3.43. The van der Waals surface area contributed by atoms with Crippen molar-refractivity contribution in [2.75, 3.05) is 20.2 Å². The second kappa shape index (κ2) is 5.01. The molecule has 6 heteroatoms. The first-order chi connectivity index (χ1) is 8.20. The number of hydrogen-bond donors (Lipinski definition) is 1. The van der Waals surface area contributed by atoms with Crippen molar-refractivity contribution in [3.05, 3.63) is 28.3 Å². The van der Waals surface area contributed by atoms with Gasteiger partial charge in [-0.15, -0.1) is 0 Å². The maximum atomic E-state index is 10.8. The van der Waals surface area contributed by atoms with Crippen molar-refractivity contribution in [1.29, 1.82) is 0 Å². The van der Waals surface area contributed by atoms with Crippen molar-refractivity contribution >= 4 is 5.69 Å². The number of hydrogen-bond acceptors (Lipinski definition) is 5. The molecular weight excluding hydrogens is 224 g/mol. The highest BCUT2D eigenvalue weighted by atomic mass is 16.6. The molecule has 1 aromatic carbocycles. The SMILES string of the molecule is COc1ccc(O[C@H]2CCNC2)cc1[N+](=O)[O-]. The molecule has 1 aliphatic rings. The third-order valence-electron chi connectivity index (χ3n) is 2.66. The van der Waals surface area contributed by atoms with E-state index in [1.165, 1.54) is 13.2 Å². The lowest BCUT2D eigenvalue weighted by Crippen LogP contribution is -2.19. The summed E-state index contributed by atoms with van der Waals surface area (Å²) in [6, 6.07) is 4.64. The molecular formula is C11H14N2O4. The van der Waals surface area contributed by atoms with Crippen molar-refractivity contribution in [2.24, 2.45) is 0 Å². The van der Waals surface area contributed by atoms with Crippen LogP contribution in [0.2, 0.25) is 0 Å². The summed E-state index contributed by atoms with van der Waals surface area (Å²) in [6.07, 6.45) is 1.00. The van der Waals surface area contributed by atoms with Gasteiger partial charge in [-0.3, -0.25) is 10.1 Å². The predicted octanol–water partition coefficient (Wildman–Crippen LogP) is 1.34. The van der Waals surface area contributed by atoms with Crippen molar-refractivity contribution < 1.29 is 14.4 Å². The molecule has 1 heterocycles. The van der Waals surface area contributed by atoms with Gasteiger partial charge in [0, 0.05) is 6.54 Å². The van der Waals surface area contributed by atoms with Crippen LogP contribution in [0.5, 0.6) is 11.5 Å². The number of rotatable bonds is 4. The van der Waals surface area contributed by atoms with E-state index in [9.17, 15) is 10.1 Å². The van der Waals surface area contributed by atoms with Crippen LogP contribution in [0.4, 0.5) is 5.69 Å². The molecule has 1 aliphatic heterocycles. The summed E-state index contributed by atoms with van der Waals surface area (Å²) in [5, 5.41) is 14.0. The van der Waals surface area contributed by atoms with Gasteiger partial charge in [-0.05, 0) is 25.1 Å². The third kappa shape index (κ3) is 2.65. The lowest BCUT2D eigenvalue weighted by atomic mass is 10.2. The summed E-state index contributed by atoms with van der Waals surface area (Å²) in [6.45, 7) is 1.70. The molecule has 0 aromatic heterocycles. The van der Waals surface area contributed by atoms with Crippen LogP contribution in [-0.4, -0.2) is 31.2 Å². The highest BCUT2D eigenvalue weighted by Gasteiger charge is 2.19. The molecule has 0 amide bonds. The highest BCUT2D eigenvalue weighted by Crippen LogP contribution is 2.31. The normalized spacial score (nSPS) is 19.0. The summed E-state index contributed by atoms with van der Waals surface area (Å²) in [7, 11) is 1.41. The van der Waals surface area contributed by atoms with Crippen LogP contribution in [-0.2, 0) is 0 Å². The van der Waals surface area contributed by atoms with Crippen LogP contribution in [0.15, 0.2) is 18.2 Å². The zero-order valence-corrected chi connectivity index (χ0v) is 9.51. The minimum Gasteiger partial charge on any atom is -0.490 e. The average Bonchev–Trinajstić information content (AvgIpc) is 2.81. The molecule has 1 N–H and O–H groups in total. The van der Waals surface area contributed by atoms with Crippen LogP contribution >= 0.6 is 0 Å². The summed E-state index contributed by atoms with van der Waals surface area (Å²) in [4.78, 5) is 10.4. The number of nitro benzene ring substituents is 1. The Hall–Kier alpha value is -1.82. The van der Waals surface area contributed by atoms with Gasteiger partial charge >= 0.3 is 5.69 Å². The maximum Gasteiger partial charge on any atom is 0.314 e. The predicted molar refractivity (Wildman–Crippen MR) is 61.6 cm³/mol.